The Kier molecular flexibility index (Phi) is 2.87. The summed E-state index contributed by atoms with van der Waals surface area (Å²) in [6.45, 7) is 3.34. The van der Waals surface area contributed by atoms with Crippen molar-refractivity contribution in [3.8, 4) is 0 Å². The molecule has 0 aromatic carbocycles. The molecule has 2 atom stereocenters. The quantitative estimate of drug-likeness (QED) is 0.674. The van der Waals surface area contributed by atoms with Crippen molar-refractivity contribution in [2.24, 2.45) is 5.92 Å². The Morgan fingerprint density at radius 1 is 1.57 bits per heavy atom. The summed E-state index contributed by atoms with van der Waals surface area (Å²) in [6, 6.07) is 0. The van der Waals surface area contributed by atoms with Gasteiger partial charge in [0.05, 0.1) is 25.6 Å². The van der Waals surface area contributed by atoms with E-state index in [2.05, 4.69) is 0 Å². The molecule has 78 valence electrons. The molecule has 3 nitrogen and oxygen atoms in total. The third-order valence-corrected chi connectivity index (χ3v) is 2.82. The van der Waals surface area contributed by atoms with Crippen LogP contribution in [0, 0.1) is 5.92 Å². The highest BCUT2D eigenvalue weighted by Crippen LogP contribution is 2.25. The lowest BCUT2D eigenvalue weighted by atomic mass is 9.93. The van der Waals surface area contributed by atoms with Crippen LogP contribution in [0.5, 0.6) is 0 Å². The molecule has 0 N–H and O–H groups in total. The van der Waals surface area contributed by atoms with Crippen molar-refractivity contribution in [3.63, 3.8) is 0 Å². The number of hydrogen-bond acceptors (Lipinski definition) is 3. The highest BCUT2D eigenvalue weighted by molar-refractivity contribution is 5.97. The normalized spacial score (nSPS) is 32.2. The van der Waals surface area contributed by atoms with E-state index in [0.29, 0.717) is 6.61 Å². The molecule has 0 amide bonds. The van der Waals surface area contributed by atoms with Gasteiger partial charge in [-0.1, -0.05) is 0 Å². The van der Waals surface area contributed by atoms with Crippen LogP contribution < -0.4 is 0 Å². The van der Waals surface area contributed by atoms with Gasteiger partial charge < -0.3 is 9.47 Å². The summed E-state index contributed by atoms with van der Waals surface area (Å²) in [5, 5.41) is 0. The number of hydrogen-bond donors (Lipinski definition) is 0. The minimum absolute atomic E-state index is 0.0675. The van der Waals surface area contributed by atoms with Gasteiger partial charge >= 0.3 is 0 Å². The Morgan fingerprint density at radius 2 is 2.43 bits per heavy atom. The van der Waals surface area contributed by atoms with Crippen LogP contribution in [0.25, 0.3) is 0 Å². The highest BCUT2D eigenvalue weighted by atomic mass is 16.5. The Bertz CT molecular complexity index is 257. The van der Waals surface area contributed by atoms with Crippen LogP contribution >= 0.6 is 0 Å². The Morgan fingerprint density at radius 3 is 3.00 bits per heavy atom. The van der Waals surface area contributed by atoms with E-state index in [1.807, 2.05) is 6.92 Å². The molecule has 2 aliphatic rings. The minimum Gasteiger partial charge on any atom is -0.501 e. The van der Waals surface area contributed by atoms with E-state index in [9.17, 15) is 4.79 Å². The van der Waals surface area contributed by atoms with Crippen molar-refractivity contribution in [3.05, 3.63) is 11.8 Å². The number of rotatable bonds is 2. The largest absolute Gasteiger partial charge is 0.501 e. The molecule has 3 heteroatoms. The number of ketones is 1. The fourth-order valence-corrected chi connectivity index (χ4v) is 2.01. The number of carbonyl (C=O) groups excluding carboxylic acids is 1. The summed E-state index contributed by atoms with van der Waals surface area (Å²) < 4.78 is 10.6. The van der Waals surface area contributed by atoms with Crippen molar-refractivity contribution < 1.29 is 14.3 Å². The van der Waals surface area contributed by atoms with Crippen LogP contribution in [-0.2, 0) is 14.3 Å². The molecule has 1 saturated heterocycles. The number of Topliss-reactive ketones (excluding diaryl/α,β-unsaturated/α-hetero) is 1. The van der Waals surface area contributed by atoms with Crippen LogP contribution in [0.2, 0.25) is 0 Å². The molecule has 2 aliphatic heterocycles. The predicted octanol–water partition coefficient (Wildman–Crippen LogP) is 1.67. The SMILES string of the molecule is CC1CC(C(=O)C2=COCCC2)CO1. The van der Waals surface area contributed by atoms with Crippen LogP contribution in [0.1, 0.15) is 26.2 Å². The lowest BCUT2D eigenvalue weighted by Gasteiger charge is -2.15. The number of carbonyl (C=O) groups is 1. The smallest absolute Gasteiger partial charge is 0.167 e. The molecule has 2 unspecified atom stereocenters. The zero-order valence-electron chi connectivity index (χ0n) is 8.49. The van der Waals surface area contributed by atoms with E-state index in [-0.39, 0.29) is 17.8 Å². The molecule has 1 fully saturated rings. The zero-order chi connectivity index (χ0) is 9.97. The van der Waals surface area contributed by atoms with Gasteiger partial charge in [-0.25, -0.2) is 0 Å². The number of ether oxygens (including phenoxy) is 2. The first-order chi connectivity index (χ1) is 6.77. The fraction of sp³-hybridized carbons (Fsp3) is 0.727. The first-order valence-electron chi connectivity index (χ1n) is 5.24. The van der Waals surface area contributed by atoms with E-state index in [1.54, 1.807) is 6.26 Å². The molecule has 2 heterocycles. The van der Waals surface area contributed by atoms with Gasteiger partial charge in [-0.05, 0) is 26.2 Å². The number of allylic oxidation sites excluding steroid dienone is 1. The van der Waals surface area contributed by atoms with Crippen LogP contribution in [-0.4, -0.2) is 25.1 Å². The second-order valence-electron chi connectivity index (χ2n) is 4.06. The average Bonchev–Trinajstić information content (AvgIpc) is 2.65. The van der Waals surface area contributed by atoms with Gasteiger partial charge in [0.15, 0.2) is 5.78 Å². The molecule has 0 bridgehead atoms. The topological polar surface area (TPSA) is 35.5 Å². The van der Waals surface area contributed by atoms with Crippen LogP contribution in [0.3, 0.4) is 0 Å². The Labute approximate surface area is 84.1 Å². The van der Waals surface area contributed by atoms with Gasteiger partial charge in [0, 0.05) is 11.5 Å². The summed E-state index contributed by atoms with van der Waals surface area (Å²) in [4.78, 5) is 11.9. The summed E-state index contributed by atoms with van der Waals surface area (Å²) in [5.74, 6) is 0.298. The molecule has 2 rings (SSSR count). The third-order valence-electron chi connectivity index (χ3n) is 2.82. The lowest BCUT2D eigenvalue weighted by Crippen LogP contribution is -2.19. The fourth-order valence-electron chi connectivity index (χ4n) is 2.01. The molecule has 0 spiro atoms. The molecule has 0 aromatic heterocycles. The summed E-state index contributed by atoms with van der Waals surface area (Å²) in [5.41, 5.74) is 0.846. The molecule has 14 heavy (non-hydrogen) atoms. The van der Waals surface area contributed by atoms with E-state index < -0.39 is 0 Å². The van der Waals surface area contributed by atoms with Gasteiger partial charge in [-0.15, -0.1) is 0 Å². The van der Waals surface area contributed by atoms with Crippen LogP contribution in [0.15, 0.2) is 11.8 Å². The van der Waals surface area contributed by atoms with Gasteiger partial charge in [0.25, 0.3) is 0 Å². The van der Waals surface area contributed by atoms with E-state index in [1.165, 1.54) is 0 Å². The maximum Gasteiger partial charge on any atom is 0.167 e. The van der Waals surface area contributed by atoms with Gasteiger partial charge in [0.1, 0.15) is 0 Å². The van der Waals surface area contributed by atoms with E-state index in [4.69, 9.17) is 9.47 Å². The maximum atomic E-state index is 11.9. The summed E-state index contributed by atoms with van der Waals surface area (Å²) in [6.07, 6.45) is 4.55. The Hall–Kier alpha value is -0.830. The summed E-state index contributed by atoms with van der Waals surface area (Å²) in [7, 11) is 0. The molecule has 0 saturated carbocycles. The highest BCUT2D eigenvalue weighted by Gasteiger charge is 2.30. The average molecular weight is 196 g/mol. The van der Waals surface area contributed by atoms with Crippen molar-refractivity contribution in [2.45, 2.75) is 32.3 Å². The molecule has 0 aromatic rings. The van der Waals surface area contributed by atoms with Gasteiger partial charge in [-0.2, -0.15) is 0 Å². The third kappa shape index (κ3) is 1.98. The van der Waals surface area contributed by atoms with Crippen molar-refractivity contribution >= 4 is 5.78 Å². The maximum absolute atomic E-state index is 11.9. The molecule has 0 radical (unpaired) electrons. The lowest BCUT2D eigenvalue weighted by molar-refractivity contribution is -0.119. The van der Waals surface area contributed by atoms with Crippen LogP contribution in [0.4, 0.5) is 0 Å². The van der Waals surface area contributed by atoms with E-state index in [0.717, 1.165) is 31.4 Å². The Balaban J connectivity index is 1.97. The van der Waals surface area contributed by atoms with Crippen molar-refractivity contribution in [2.75, 3.05) is 13.2 Å². The van der Waals surface area contributed by atoms with E-state index >= 15 is 0 Å². The molecular formula is C11H16O3. The van der Waals surface area contributed by atoms with Crippen molar-refractivity contribution in [1.29, 1.82) is 0 Å². The zero-order valence-corrected chi connectivity index (χ0v) is 8.49. The van der Waals surface area contributed by atoms with Gasteiger partial charge in [-0.3, -0.25) is 4.79 Å². The molecule has 0 aliphatic carbocycles. The van der Waals surface area contributed by atoms with Crippen molar-refractivity contribution in [1.82, 2.24) is 0 Å². The second-order valence-corrected chi connectivity index (χ2v) is 4.06. The minimum atomic E-state index is 0.0675. The first-order valence-corrected chi connectivity index (χ1v) is 5.24. The van der Waals surface area contributed by atoms with Gasteiger partial charge in [0.2, 0.25) is 0 Å². The summed E-state index contributed by atoms with van der Waals surface area (Å²) >= 11 is 0. The predicted molar refractivity (Wildman–Crippen MR) is 51.8 cm³/mol. The molecular weight excluding hydrogens is 180 g/mol. The second kappa shape index (κ2) is 4.13. The monoisotopic (exact) mass is 196 g/mol. The first kappa shape index (κ1) is 9.71. The standard InChI is InChI=1S/C11H16O3/c1-8-5-10(7-14-8)11(12)9-3-2-4-13-6-9/h6,8,10H,2-5,7H2,1H3.